The second kappa shape index (κ2) is 9.94. The smallest absolute Gasteiger partial charge is 0.318 e. The summed E-state index contributed by atoms with van der Waals surface area (Å²) in [6.45, 7) is 5.40. The zero-order valence-electron chi connectivity index (χ0n) is 16.8. The zero-order chi connectivity index (χ0) is 19.9. The van der Waals surface area contributed by atoms with E-state index >= 15 is 0 Å². The van der Waals surface area contributed by atoms with E-state index in [-0.39, 0.29) is 6.03 Å². The molecule has 2 amide bonds. The third-order valence-electron chi connectivity index (χ3n) is 5.58. The van der Waals surface area contributed by atoms with Gasteiger partial charge in [0.1, 0.15) is 0 Å². The van der Waals surface area contributed by atoms with Crippen molar-refractivity contribution in [3.05, 3.63) is 64.2 Å². The van der Waals surface area contributed by atoms with Gasteiger partial charge < -0.3 is 15.5 Å². The van der Waals surface area contributed by atoms with Crippen LogP contribution in [0.3, 0.4) is 0 Å². The molecule has 0 aromatic heterocycles. The average molecular weight is 400 g/mol. The molecule has 2 aromatic carbocycles. The topological polar surface area (TPSA) is 44.4 Å². The fourth-order valence-corrected chi connectivity index (χ4v) is 4.01. The molecule has 0 radical (unpaired) electrons. The monoisotopic (exact) mass is 399 g/mol. The summed E-state index contributed by atoms with van der Waals surface area (Å²) < 4.78 is 0. The zero-order valence-corrected chi connectivity index (χ0v) is 17.6. The summed E-state index contributed by atoms with van der Waals surface area (Å²) in [4.78, 5) is 14.2. The lowest BCUT2D eigenvalue weighted by molar-refractivity contribution is 0.186. The van der Waals surface area contributed by atoms with Gasteiger partial charge in [0.2, 0.25) is 0 Å². The van der Waals surface area contributed by atoms with Crippen molar-refractivity contribution in [3.8, 4) is 0 Å². The Morgan fingerprint density at radius 3 is 2.54 bits per heavy atom. The molecule has 1 aliphatic heterocycles. The Labute approximate surface area is 173 Å². The Hall–Kier alpha value is -2.04. The van der Waals surface area contributed by atoms with Crippen LogP contribution in [0.25, 0.3) is 0 Å². The number of likely N-dealkylation sites (tertiary alicyclic amines) is 1. The first-order valence-corrected chi connectivity index (χ1v) is 10.5. The Morgan fingerprint density at radius 2 is 1.86 bits per heavy atom. The minimum atomic E-state index is -0.173. The Balaban J connectivity index is 1.49. The summed E-state index contributed by atoms with van der Waals surface area (Å²) >= 11 is 5.98. The number of nitrogens with zero attached hydrogens (tertiary/aromatic N) is 1. The van der Waals surface area contributed by atoms with Gasteiger partial charge in [-0.1, -0.05) is 41.4 Å². The summed E-state index contributed by atoms with van der Waals surface area (Å²) in [5, 5.41) is 6.36. The van der Waals surface area contributed by atoms with Crippen molar-refractivity contribution >= 4 is 23.3 Å². The molecule has 0 saturated carbocycles. The highest BCUT2D eigenvalue weighted by Gasteiger charge is 2.19. The van der Waals surface area contributed by atoms with Gasteiger partial charge in [0.15, 0.2) is 0 Å². The lowest BCUT2D eigenvalue weighted by Crippen LogP contribution is -2.35. The first-order chi connectivity index (χ1) is 13.5. The number of hydrogen-bond donors (Lipinski definition) is 2. The van der Waals surface area contributed by atoms with Crippen molar-refractivity contribution < 1.29 is 4.79 Å². The predicted molar refractivity (Wildman–Crippen MR) is 117 cm³/mol. The number of amides is 2. The van der Waals surface area contributed by atoms with Gasteiger partial charge in [-0.05, 0) is 80.9 Å². The number of nitrogens with one attached hydrogen (secondary N) is 2. The SMILES string of the molecule is CNC(=O)Nc1ccc(C)cc1CCN1CCC(Cc2ccc(Cl)cc2)CC1. The number of carbonyl (C=O) groups excluding carboxylic acids is 1. The molecule has 150 valence electrons. The molecule has 0 unspecified atom stereocenters. The second-order valence-corrected chi connectivity index (χ2v) is 8.17. The van der Waals surface area contributed by atoms with Gasteiger partial charge in [0.05, 0.1) is 0 Å². The minimum Gasteiger partial charge on any atom is -0.341 e. The number of rotatable bonds is 6. The quantitative estimate of drug-likeness (QED) is 0.725. The third kappa shape index (κ3) is 5.98. The lowest BCUT2D eigenvalue weighted by Gasteiger charge is -2.32. The molecule has 28 heavy (non-hydrogen) atoms. The van der Waals surface area contributed by atoms with Crippen LogP contribution in [-0.4, -0.2) is 37.6 Å². The van der Waals surface area contributed by atoms with Crippen molar-refractivity contribution in [2.24, 2.45) is 5.92 Å². The molecule has 1 fully saturated rings. The van der Waals surface area contributed by atoms with Gasteiger partial charge in [-0.3, -0.25) is 0 Å². The van der Waals surface area contributed by atoms with E-state index in [4.69, 9.17) is 11.6 Å². The number of halogens is 1. The van der Waals surface area contributed by atoms with E-state index in [1.54, 1.807) is 7.05 Å². The van der Waals surface area contributed by atoms with Crippen LogP contribution in [0.2, 0.25) is 5.02 Å². The Kier molecular flexibility index (Phi) is 7.35. The van der Waals surface area contributed by atoms with Crippen molar-refractivity contribution in [1.29, 1.82) is 0 Å². The van der Waals surface area contributed by atoms with Crippen LogP contribution in [0.1, 0.15) is 29.5 Å². The molecule has 1 aliphatic rings. The molecule has 0 bridgehead atoms. The van der Waals surface area contributed by atoms with E-state index in [9.17, 15) is 4.79 Å². The van der Waals surface area contributed by atoms with E-state index in [1.807, 2.05) is 24.3 Å². The number of carbonyl (C=O) groups is 1. The molecular weight excluding hydrogens is 370 g/mol. The Morgan fingerprint density at radius 1 is 1.14 bits per heavy atom. The fraction of sp³-hybridized carbons (Fsp3) is 0.435. The molecular formula is C23H30ClN3O. The number of urea groups is 1. The summed E-state index contributed by atoms with van der Waals surface area (Å²) in [6, 6.07) is 14.3. The van der Waals surface area contributed by atoms with E-state index in [0.717, 1.165) is 49.1 Å². The molecule has 0 atom stereocenters. The highest BCUT2D eigenvalue weighted by atomic mass is 35.5. The van der Waals surface area contributed by atoms with Crippen LogP contribution < -0.4 is 10.6 Å². The van der Waals surface area contributed by atoms with Crippen molar-refractivity contribution in [1.82, 2.24) is 10.2 Å². The van der Waals surface area contributed by atoms with Crippen LogP contribution in [0.15, 0.2) is 42.5 Å². The van der Waals surface area contributed by atoms with E-state index < -0.39 is 0 Å². The maximum atomic E-state index is 11.7. The first-order valence-electron chi connectivity index (χ1n) is 10.1. The predicted octanol–water partition coefficient (Wildman–Crippen LogP) is 4.90. The second-order valence-electron chi connectivity index (χ2n) is 7.73. The highest BCUT2D eigenvalue weighted by Crippen LogP contribution is 2.24. The normalized spacial score (nSPS) is 15.4. The van der Waals surface area contributed by atoms with Crippen LogP contribution in [0, 0.1) is 12.8 Å². The van der Waals surface area contributed by atoms with Gasteiger partial charge in [0, 0.05) is 24.3 Å². The Bertz CT molecular complexity index is 783. The summed E-state index contributed by atoms with van der Waals surface area (Å²) in [7, 11) is 1.64. The number of piperidine rings is 1. The molecule has 4 nitrogen and oxygen atoms in total. The number of benzene rings is 2. The van der Waals surface area contributed by atoms with Gasteiger partial charge in [-0.25, -0.2) is 4.79 Å². The number of anilines is 1. The summed E-state index contributed by atoms with van der Waals surface area (Å²) in [5.74, 6) is 0.752. The minimum absolute atomic E-state index is 0.173. The van der Waals surface area contributed by atoms with E-state index in [1.165, 1.54) is 29.5 Å². The lowest BCUT2D eigenvalue weighted by atomic mass is 9.90. The molecule has 5 heteroatoms. The molecule has 2 aromatic rings. The fourth-order valence-electron chi connectivity index (χ4n) is 3.88. The number of aryl methyl sites for hydroxylation is 1. The molecule has 2 N–H and O–H groups in total. The highest BCUT2D eigenvalue weighted by molar-refractivity contribution is 6.30. The van der Waals surface area contributed by atoms with Gasteiger partial charge >= 0.3 is 6.03 Å². The van der Waals surface area contributed by atoms with Crippen LogP contribution in [-0.2, 0) is 12.8 Å². The summed E-state index contributed by atoms with van der Waals surface area (Å²) in [5.41, 5.74) is 4.71. The van der Waals surface area contributed by atoms with Gasteiger partial charge in [0.25, 0.3) is 0 Å². The van der Waals surface area contributed by atoms with Crippen molar-refractivity contribution in [2.75, 3.05) is 32.0 Å². The van der Waals surface area contributed by atoms with Crippen LogP contribution in [0.5, 0.6) is 0 Å². The third-order valence-corrected chi connectivity index (χ3v) is 5.83. The molecule has 0 aliphatic carbocycles. The first kappa shape index (κ1) is 20.7. The molecule has 1 saturated heterocycles. The molecule has 3 rings (SSSR count). The van der Waals surface area contributed by atoms with E-state index in [0.29, 0.717) is 0 Å². The van der Waals surface area contributed by atoms with Crippen LogP contribution in [0.4, 0.5) is 10.5 Å². The van der Waals surface area contributed by atoms with Crippen molar-refractivity contribution in [3.63, 3.8) is 0 Å². The summed E-state index contributed by atoms with van der Waals surface area (Å²) in [6.07, 6.45) is 4.56. The van der Waals surface area contributed by atoms with Crippen molar-refractivity contribution in [2.45, 2.75) is 32.6 Å². The van der Waals surface area contributed by atoms with Gasteiger partial charge in [-0.2, -0.15) is 0 Å². The maximum Gasteiger partial charge on any atom is 0.318 e. The molecule has 1 heterocycles. The van der Waals surface area contributed by atoms with Gasteiger partial charge in [-0.15, -0.1) is 0 Å². The molecule has 0 spiro atoms. The largest absolute Gasteiger partial charge is 0.341 e. The van der Waals surface area contributed by atoms with Crippen LogP contribution >= 0.6 is 11.6 Å². The maximum absolute atomic E-state index is 11.7. The number of hydrogen-bond acceptors (Lipinski definition) is 2. The van der Waals surface area contributed by atoms with E-state index in [2.05, 4.69) is 40.7 Å². The standard InChI is InChI=1S/C23H30ClN3O/c1-17-3-8-22(26-23(28)25-2)20(15-17)11-14-27-12-9-19(10-13-27)16-18-4-6-21(24)7-5-18/h3-8,15,19H,9-14,16H2,1-2H3,(H2,25,26,28). The average Bonchev–Trinajstić information content (AvgIpc) is 2.70.